The molecular weight excluding hydrogens is 214 g/mol. The maximum absolute atomic E-state index is 10.7. The summed E-state index contributed by atoms with van der Waals surface area (Å²) in [5.74, 6) is 0.669. The molecule has 2 rings (SSSR count). The number of methoxy groups -OCH3 is 1. The van der Waals surface area contributed by atoms with Gasteiger partial charge in [0.2, 0.25) is 0 Å². The van der Waals surface area contributed by atoms with Crippen molar-refractivity contribution in [1.82, 2.24) is 0 Å². The van der Waals surface area contributed by atoms with Crippen LogP contribution in [0, 0.1) is 10.1 Å². The number of epoxide rings is 1. The van der Waals surface area contributed by atoms with Crippen molar-refractivity contribution in [3.63, 3.8) is 0 Å². The fourth-order valence-electron chi connectivity index (χ4n) is 1.26. The normalized spacial score (nSPS) is 17.9. The largest absolute Gasteiger partial charge is 0.491 e. The summed E-state index contributed by atoms with van der Waals surface area (Å²) in [6.07, 6.45) is 0.126. The second-order valence-corrected chi connectivity index (χ2v) is 3.36. The Morgan fingerprint density at radius 1 is 1.62 bits per heavy atom. The van der Waals surface area contributed by atoms with Gasteiger partial charge in [-0.25, -0.2) is 0 Å². The molecule has 1 heterocycles. The first kappa shape index (κ1) is 10.7. The lowest BCUT2D eigenvalue weighted by Gasteiger charge is -2.06. The Morgan fingerprint density at radius 2 is 2.38 bits per heavy atom. The van der Waals surface area contributed by atoms with E-state index in [1.54, 1.807) is 6.07 Å². The lowest BCUT2D eigenvalue weighted by atomic mass is 10.3. The second kappa shape index (κ2) is 4.36. The van der Waals surface area contributed by atoms with Crippen molar-refractivity contribution in [1.29, 1.82) is 0 Å². The number of benzene rings is 1. The summed E-state index contributed by atoms with van der Waals surface area (Å²) in [7, 11) is 1.39. The van der Waals surface area contributed by atoms with Crippen molar-refractivity contribution in [3.05, 3.63) is 28.3 Å². The molecule has 1 aromatic carbocycles. The molecule has 0 unspecified atom stereocenters. The van der Waals surface area contributed by atoms with Gasteiger partial charge in [0.1, 0.15) is 18.5 Å². The third-order valence-corrected chi connectivity index (χ3v) is 2.19. The average molecular weight is 225 g/mol. The van der Waals surface area contributed by atoms with Crippen LogP contribution < -0.4 is 9.47 Å². The number of rotatable bonds is 5. The van der Waals surface area contributed by atoms with E-state index in [2.05, 4.69) is 0 Å². The number of ether oxygens (including phenoxy) is 3. The zero-order valence-corrected chi connectivity index (χ0v) is 8.71. The Labute approximate surface area is 91.9 Å². The van der Waals surface area contributed by atoms with Gasteiger partial charge in [-0.05, 0) is 12.1 Å². The predicted octanol–water partition coefficient (Wildman–Crippen LogP) is 1.38. The van der Waals surface area contributed by atoms with Gasteiger partial charge in [-0.3, -0.25) is 10.1 Å². The number of hydrogen-bond donors (Lipinski definition) is 0. The van der Waals surface area contributed by atoms with Crippen LogP contribution in [0.1, 0.15) is 0 Å². The first-order chi connectivity index (χ1) is 7.70. The Bertz CT molecular complexity index is 402. The molecule has 1 aromatic rings. The molecule has 1 atom stereocenters. The first-order valence-corrected chi connectivity index (χ1v) is 4.77. The molecule has 1 aliphatic heterocycles. The first-order valence-electron chi connectivity index (χ1n) is 4.77. The van der Waals surface area contributed by atoms with Gasteiger partial charge in [0.05, 0.1) is 24.7 Å². The Balaban J connectivity index is 2.13. The predicted molar refractivity (Wildman–Crippen MR) is 54.9 cm³/mol. The summed E-state index contributed by atoms with van der Waals surface area (Å²) in [6, 6.07) is 4.50. The van der Waals surface area contributed by atoms with E-state index in [4.69, 9.17) is 14.2 Å². The van der Waals surface area contributed by atoms with Gasteiger partial charge in [0.25, 0.3) is 0 Å². The molecule has 1 aliphatic rings. The minimum Gasteiger partial charge on any atom is -0.491 e. The molecule has 0 amide bonds. The van der Waals surface area contributed by atoms with Crippen molar-refractivity contribution in [3.8, 4) is 11.5 Å². The number of nitrogens with zero attached hydrogens (tertiary/aromatic N) is 1. The van der Waals surface area contributed by atoms with E-state index in [1.165, 1.54) is 19.2 Å². The molecular formula is C10H11NO5. The zero-order chi connectivity index (χ0) is 11.5. The van der Waals surface area contributed by atoms with E-state index in [0.29, 0.717) is 19.0 Å². The highest BCUT2D eigenvalue weighted by Crippen LogP contribution is 2.31. The summed E-state index contributed by atoms with van der Waals surface area (Å²) in [5.41, 5.74) is -0.100. The SMILES string of the molecule is COc1ccc(OC[C@@H]2CO2)cc1[N+](=O)[O-]. The van der Waals surface area contributed by atoms with Gasteiger partial charge < -0.3 is 14.2 Å². The van der Waals surface area contributed by atoms with E-state index in [0.717, 1.165) is 0 Å². The summed E-state index contributed by atoms with van der Waals surface area (Å²) < 4.78 is 15.2. The van der Waals surface area contributed by atoms with Crippen molar-refractivity contribution < 1.29 is 19.1 Å². The van der Waals surface area contributed by atoms with E-state index >= 15 is 0 Å². The van der Waals surface area contributed by atoms with Crippen LogP contribution >= 0.6 is 0 Å². The van der Waals surface area contributed by atoms with E-state index in [1.807, 2.05) is 0 Å². The molecule has 86 valence electrons. The highest BCUT2D eigenvalue weighted by atomic mass is 16.6. The van der Waals surface area contributed by atoms with E-state index in [-0.39, 0.29) is 17.5 Å². The lowest BCUT2D eigenvalue weighted by molar-refractivity contribution is -0.385. The third kappa shape index (κ3) is 2.40. The Hall–Kier alpha value is -1.82. The second-order valence-electron chi connectivity index (χ2n) is 3.36. The summed E-state index contributed by atoms with van der Waals surface area (Å²) in [5, 5.41) is 10.7. The summed E-state index contributed by atoms with van der Waals surface area (Å²) in [4.78, 5) is 10.2. The van der Waals surface area contributed by atoms with Crippen LogP contribution in [0.25, 0.3) is 0 Å². The molecule has 0 aromatic heterocycles. The zero-order valence-electron chi connectivity index (χ0n) is 8.71. The van der Waals surface area contributed by atoms with Crippen LogP contribution in [-0.2, 0) is 4.74 Å². The van der Waals surface area contributed by atoms with Gasteiger partial charge in [-0.2, -0.15) is 0 Å². The highest BCUT2D eigenvalue weighted by Gasteiger charge is 2.23. The fraction of sp³-hybridized carbons (Fsp3) is 0.400. The standard InChI is InChI=1S/C10H11NO5/c1-14-10-3-2-7(4-9(10)11(12)13)15-5-8-6-16-8/h2-4,8H,5-6H2,1H3/t8-/m1/s1. The van der Waals surface area contributed by atoms with Gasteiger partial charge in [0.15, 0.2) is 5.75 Å². The van der Waals surface area contributed by atoms with Gasteiger partial charge in [-0.15, -0.1) is 0 Å². The topological polar surface area (TPSA) is 74.1 Å². The maximum Gasteiger partial charge on any atom is 0.314 e. The molecule has 0 spiro atoms. The summed E-state index contributed by atoms with van der Waals surface area (Å²) in [6.45, 7) is 1.11. The van der Waals surface area contributed by atoms with Gasteiger partial charge in [-0.1, -0.05) is 0 Å². The number of hydrogen-bond acceptors (Lipinski definition) is 5. The molecule has 16 heavy (non-hydrogen) atoms. The molecule has 6 nitrogen and oxygen atoms in total. The Morgan fingerprint density at radius 3 is 2.94 bits per heavy atom. The summed E-state index contributed by atoms with van der Waals surface area (Å²) >= 11 is 0. The quantitative estimate of drug-likeness (QED) is 0.430. The smallest absolute Gasteiger partial charge is 0.314 e. The monoisotopic (exact) mass is 225 g/mol. The molecule has 1 saturated heterocycles. The minimum absolute atomic E-state index is 0.100. The molecule has 1 fully saturated rings. The maximum atomic E-state index is 10.7. The Kier molecular flexibility index (Phi) is 2.91. The molecule has 0 saturated carbocycles. The third-order valence-electron chi connectivity index (χ3n) is 2.19. The van der Waals surface area contributed by atoms with Crippen LogP contribution in [0.5, 0.6) is 11.5 Å². The van der Waals surface area contributed by atoms with Crippen molar-refractivity contribution >= 4 is 5.69 Å². The molecule has 0 radical (unpaired) electrons. The molecule has 0 N–H and O–H groups in total. The van der Waals surface area contributed by atoms with E-state index < -0.39 is 4.92 Å². The number of nitro groups is 1. The van der Waals surface area contributed by atoms with Crippen molar-refractivity contribution in [2.45, 2.75) is 6.10 Å². The van der Waals surface area contributed by atoms with Crippen molar-refractivity contribution in [2.24, 2.45) is 0 Å². The van der Waals surface area contributed by atoms with Crippen LogP contribution in [0.3, 0.4) is 0 Å². The lowest BCUT2D eigenvalue weighted by Crippen LogP contribution is -2.04. The van der Waals surface area contributed by atoms with Crippen LogP contribution in [0.2, 0.25) is 0 Å². The minimum atomic E-state index is -0.501. The van der Waals surface area contributed by atoms with Gasteiger partial charge >= 0.3 is 5.69 Å². The fourth-order valence-corrected chi connectivity index (χ4v) is 1.26. The van der Waals surface area contributed by atoms with Crippen molar-refractivity contribution in [2.75, 3.05) is 20.3 Å². The van der Waals surface area contributed by atoms with E-state index in [9.17, 15) is 10.1 Å². The molecule has 0 bridgehead atoms. The average Bonchev–Trinajstić information content (AvgIpc) is 3.09. The van der Waals surface area contributed by atoms with Crippen LogP contribution in [-0.4, -0.2) is 31.4 Å². The van der Waals surface area contributed by atoms with Crippen LogP contribution in [0.15, 0.2) is 18.2 Å². The number of nitro benzene ring substituents is 1. The van der Waals surface area contributed by atoms with Gasteiger partial charge in [0, 0.05) is 0 Å². The molecule has 6 heteroatoms. The molecule has 0 aliphatic carbocycles. The van der Waals surface area contributed by atoms with Crippen LogP contribution in [0.4, 0.5) is 5.69 Å². The highest BCUT2D eigenvalue weighted by molar-refractivity contribution is 5.50.